The lowest BCUT2D eigenvalue weighted by Crippen LogP contribution is -2.19. The van der Waals surface area contributed by atoms with Crippen LogP contribution in [-0.2, 0) is 9.47 Å². The molecular formula is C22H42O2. The van der Waals surface area contributed by atoms with Crippen LogP contribution in [0.3, 0.4) is 0 Å². The molecule has 0 unspecified atom stereocenters. The second kappa shape index (κ2) is 18.7. The lowest BCUT2D eigenvalue weighted by molar-refractivity contribution is -0.148. The Balaban J connectivity index is 3.79. The number of unbranched alkanes of at least 4 members (excludes halogenated alkanes) is 4. The molecule has 0 aromatic carbocycles. The highest BCUT2D eigenvalue weighted by Crippen LogP contribution is 2.13. The van der Waals surface area contributed by atoms with Crippen LogP contribution in [0.25, 0.3) is 0 Å². The Kier molecular flexibility index (Phi) is 18.3. The highest BCUT2D eigenvalue weighted by atomic mass is 16.7. The van der Waals surface area contributed by atoms with Gasteiger partial charge >= 0.3 is 0 Å². The molecule has 0 atom stereocenters. The van der Waals surface area contributed by atoms with E-state index in [0.717, 1.165) is 45.3 Å². The zero-order valence-corrected chi connectivity index (χ0v) is 16.8. The Labute approximate surface area is 151 Å². The third-order valence-corrected chi connectivity index (χ3v) is 3.92. The molecule has 142 valence electrons. The van der Waals surface area contributed by atoms with Crippen molar-refractivity contribution in [2.75, 3.05) is 13.2 Å². The number of allylic oxidation sites excluding steroid dienone is 4. The minimum absolute atomic E-state index is 0.00947. The largest absolute Gasteiger partial charge is 0.353 e. The number of hydrogen-bond donors (Lipinski definition) is 0. The summed E-state index contributed by atoms with van der Waals surface area (Å²) in [4.78, 5) is 0. The van der Waals surface area contributed by atoms with Gasteiger partial charge in [0.25, 0.3) is 0 Å². The summed E-state index contributed by atoms with van der Waals surface area (Å²) < 4.78 is 12.0. The normalized spacial score (nSPS) is 12.4. The maximum Gasteiger partial charge on any atom is 0.157 e. The van der Waals surface area contributed by atoms with Crippen molar-refractivity contribution in [2.45, 2.75) is 98.2 Å². The van der Waals surface area contributed by atoms with Gasteiger partial charge in [-0.15, -0.1) is 0 Å². The van der Waals surface area contributed by atoms with Crippen molar-refractivity contribution in [3.63, 3.8) is 0 Å². The van der Waals surface area contributed by atoms with Crippen molar-refractivity contribution in [1.82, 2.24) is 0 Å². The van der Waals surface area contributed by atoms with E-state index in [1.807, 2.05) is 0 Å². The SMILES string of the molecule is CC/C=C\CCCCOC(CCC(C)C)OCCCC/C=C\CC. The molecule has 0 fully saturated rings. The molecule has 0 rings (SSSR count). The lowest BCUT2D eigenvalue weighted by Gasteiger charge is -2.19. The molecule has 0 radical (unpaired) electrons. The molecule has 0 aromatic rings. The lowest BCUT2D eigenvalue weighted by atomic mass is 10.1. The third-order valence-electron chi connectivity index (χ3n) is 3.92. The number of hydrogen-bond acceptors (Lipinski definition) is 2. The van der Waals surface area contributed by atoms with Gasteiger partial charge in [-0.1, -0.05) is 52.0 Å². The first kappa shape index (κ1) is 23.4. The molecule has 24 heavy (non-hydrogen) atoms. The smallest absolute Gasteiger partial charge is 0.157 e. The van der Waals surface area contributed by atoms with Gasteiger partial charge in [0.15, 0.2) is 6.29 Å². The fourth-order valence-corrected chi connectivity index (χ4v) is 2.41. The summed E-state index contributed by atoms with van der Waals surface area (Å²) in [5, 5.41) is 0. The van der Waals surface area contributed by atoms with Crippen LogP contribution in [0.5, 0.6) is 0 Å². The summed E-state index contributed by atoms with van der Waals surface area (Å²) in [6.07, 6.45) is 20.5. The first-order valence-corrected chi connectivity index (χ1v) is 10.2. The minimum Gasteiger partial charge on any atom is -0.353 e. The van der Waals surface area contributed by atoms with E-state index < -0.39 is 0 Å². The fourth-order valence-electron chi connectivity index (χ4n) is 2.41. The summed E-state index contributed by atoms with van der Waals surface area (Å²) >= 11 is 0. The molecule has 0 saturated carbocycles. The molecule has 0 spiro atoms. The van der Waals surface area contributed by atoms with Gasteiger partial charge in [0.2, 0.25) is 0 Å². The monoisotopic (exact) mass is 338 g/mol. The Bertz CT molecular complexity index is 270. The van der Waals surface area contributed by atoms with E-state index in [4.69, 9.17) is 9.47 Å². The summed E-state index contributed by atoms with van der Waals surface area (Å²) in [5.41, 5.74) is 0. The van der Waals surface area contributed by atoms with Gasteiger partial charge in [-0.3, -0.25) is 0 Å². The van der Waals surface area contributed by atoms with Gasteiger partial charge in [-0.25, -0.2) is 0 Å². The minimum atomic E-state index is -0.00947. The van der Waals surface area contributed by atoms with E-state index in [0.29, 0.717) is 5.92 Å². The molecule has 0 saturated heterocycles. The van der Waals surface area contributed by atoms with E-state index in [1.54, 1.807) is 0 Å². The highest BCUT2D eigenvalue weighted by molar-refractivity contribution is 4.80. The van der Waals surface area contributed by atoms with Gasteiger partial charge < -0.3 is 9.47 Å². The molecule has 2 heteroatoms. The van der Waals surface area contributed by atoms with Crippen LogP contribution in [-0.4, -0.2) is 19.5 Å². The van der Waals surface area contributed by atoms with E-state index >= 15 is 0 Å². The zero-order valence-electron chi connectivity index (χ0n) is 16.8. The van der Waals surface area contributed by atoms with Crippen molar-refractivity contribution in [3.05, 3.63) is 24.3 Å². The van der Waals surface area contributed by atoms with Gasteiger partial charge in [0.1, 0.15) is 0 Å². The second-order valence-corrected chi connectivity index (χ2v) is 6.89. The molecule has 0 aliphatic heterocycles. The molecular weight excluding hydrogens is 296 g/mol. The first-order chi connectivity index (χ1) is 11.7. The number of ether oxygens (including phenoxy) is 2. The van der Waals surface area contributed by atoms with E-state index in [2.05, 4.69) is 52.0 Å². The average molecular weight is 339 g/mol. The summed E-state index contributed by atoms with van der Waals surface area (Å²) in [5.74, 6) is 0.707. The van der Waals surface area contributed by atoms with Gasteiger partial charge in [-0.2, -0.15) is 0 Å². The quantitative estimate of drug-likeness (QED) is 0.161. The second-order valence-electron chi connectivity index (χ2n) is 6.89. The van der Waals surface area contributed by atoms with Gasteiger partial charge in [0, 0.05) is 13.2 Å². The van der Waals surface area contributed by atoms with E-state index in [9.17, 15) is 0 Å². The fraction of sp³-hybridized carbons (Fsp3) is 0.818. The van der Waals surface area contributed by atoms with Crippen LogP contribution in [0.4, 0.5) is 0 Å². The van der Waals surface area contributed by atoms with Crippen molar-refractivity contribution in [1.29, 1.82) is 0 Å². The predicted molar refractivity (Wildman–Crippen MR) is 106 cm³/mol. The van der Waals surface area contributed by atoms with Crippen LogP contribution >= 0.6 is 0 Å². The van der Waals surface area contributed by atoms with Crippen LogP contribution < -0.4 is 0 Å². The van der Waals surface area contributed by atoms with Crippen molar-refractivity contribution >= 4 is 0 Å². The van der Waals surface area contributed by atoms with Gasteiger partial charge in [-0.05, 0) is 70.1 Å². The molecule has 0 heterocycles. The van der Waals surface area contributed by atoms with Crippen LogP contribution in [0.1, 0.15) is 91.9 Å². The van der Waals surface area contributed by atoms with Crippen molar-refractivity contribution < 1.29 is 9.47 Å². The van der Waals surface area contributed by atoms with Gasteiger partial charge in [0.05, 0.1) is 0 Å². The third kappa shape index (κ3) is 17.7. The maximum absolute atomic E-state index is 5.98. The molecule has 0 aliphatic rings. The molecule has 0 bridgehead atoms. The summed E-state index contributed by atoms with van der Waals surface area (Å²) in [7, 11) is 0. The first-order valence-electron chi connectivity index (χ1n) is 10.2. The standard InChI is InChI=1S/C22H42O2/c1-5-7-9-11-13-15-19-23-22(18-17-21(3)4)24-20-16-14-12-10-8-6-2/h7-10,21-22H,5-6,11-20H2,1-4H3/b9-7-,10-8-. The molecule has 0 aromatic heterocycles. The molecule has 0 amide bonds. The van der Waals surface area contributed by atoms with Crippen molar-refractivity contribution in [2.24, 2.45) is 5.92 Å². The highest BCUT2D eigenvalue weighted by Gasteiger charge is 2.10. The average Bonchev–Trinajstić information content (AvgIpc) is 2.57. The molecule has 0 N–H and O–H groups in total. The maximum atomic E-state index is 5.98. The topological polar surface area (TPSA) is 18.5 Å². The van der Waals surface area contributed by atoms with Crippen LogP contribution in [0, 0.1) is 5.92 Å². The Hall–Kier alpha value is -0.600. The Morgan fingerprint density at radius 3 is 1.58 bits per heavy atom. The Morgan fingerprint density at radius 2 is 1.17 bits per heavy atom. The number of rotatable bonds is 17. The Morgan fingerprint density at radius 1 is 0.667 bits per heavy atom. The van der Waals surface area contributed by atoms with Crippen LogP contribution in [0.15, 0.2) is 24.3 Å². The molecule has 2 nitrogen and oxygen atoms in total. The predicted octanol–water partition coefficient (Wildman–Crippen LogP) is 7.05. The summed E-state index contributed by atoms with van der Waals surface area (Å²) in [6, 6.07) is 0. The summed E-state index contributed by atoms with van der Waals surface area (Å²) in [6.45, 7) is 10.5. The van der Waals surface area contributed by atoms with E-state index in [1.165, 1.54) is 32.1 Å². The van der Waals surface area contributed by atoms with E-state index in [-0.39, 0.29) is 6.29 Å². The van der Waals surface area contributed by atoms with Crippen molar-refractivity contribution in [3.8, 4) is 0 Å². The zero-order chi connectivity index (χ0) is 17.9. The van der Waals surface area contributed by atoms with Crippen LogP contribution in [0.2, 0.25) is 0 Å². The molecule has 0 aliphatic carbocycles.